The zero-order chi connectivity index (χ0) is 13.9. The first-order valence-corrected chi connectivity index (χ1v) is 7.26. The van der Waals surface area contributed by atoms with E-state index in [0.717, 1.165) is 43.5 Å². The van der Waals surface area contributed by atoms with E-state index in [0.29, 0.717) is 0 Å². The zero-order valence-electron chi connectivity index (χ0n) is 11.9. The molecule has 1 aromatic heterocycles. The van der Waals surface area contributed by atoms with Crippen molar-refractivity contribution in [3.8, 4) is 5.75 Å². The van der Waals surface area contributed by atoms with E-state index in [-0.39, 0.29) is 6.10 Å². The topological polar surface area (TPSA) is 34.4 Å². The molecule has 0 bridgehead atoms. The smallest absolute Gasteiger partial charge is 0.118 e. The van der Waals surface area contributed by atoms with Gasteiger partial charge in [-0.05, 0) is 48.9 Å². The number of ether oxygens (including phenoxy) is 1. The standard InChI is InChI=1S/C17H21NO2/c1-20-15-7-5-13(6-8-15)9-10-18-11-14-3-2-4-17(19)16(14)12-18/h5-8,11-12,17,19H,2-4,9-10H2,1H3. The molecule has 0 saturated carbocycles. The Kier molecular flexibility index (Phi) is 3.79. The summed E-state index contributed by atoms with van der Waals surface area (Å²) in [5.74, 6) is 0.897. The Labute approximate surface area is 119 Å². The molecule has 0 radical (unpaired) electrons. The van der Waals surface area contributed by atoms with E-state index < -0.39 is 0 Å². The molecule has 0 spiro atoms. The van der Waals surface area contributed by atoms with E-state index in [9.17, 15) is 5.11 Å². The molecular formula is C17H21NO2. The van der Waals surface area contributed by atoms with E-state index in [1.54, 1.807) is 7.11 Å². The van der Waals surface area contributed by atoms with Crippen LogP contribution in [0.1, 0.15) is 35.6 Å². The fraction of sp³-hybridized carbons (Fsp3) is 0.412. The number of aliphatic hydroxyl groups is 1. The minimum absolute atomic E-state index is 0.263. The summed E-state index contributed by atoms with van der Waals surface area (Å²) in [5.41, 5.74) is 3.75. The monoisotopic (exact) mass is 271 g/mol. The Bertz CT molecular complexity index is 571. The van der Waals surface area contributed by atoms with Crippen molar-refractivity contribution in [1.29, 1.82) is 0 Å². The number of methoxy groups -OCH3 is 1. The molecule has 1 heterocycles. The summed E-state index contributed by atoms with van der Waals surface area (Å²) in [4.78, 5) is 0. The quantitative estimate of drug-likeness (QED) is 0.927. The first-order chi connectivity index (χ1) is 9.76. The third kappa shape index (κ3) is 2.73. The van der Waals surface area contributed by atoms with Crippen molar-refractivity contribution >= 4 is 0 Å². The molecule has 1 atom stereocenters. The second kappa shape index (κ2) is 5.71. The molecule has 1 aromatic carbocycles. The maximum atomic E-state index is 9.99. The summed E-state index contributed by atoms with van der Waals surface area (Å²) in [6.45, 7) is 0.950. The molecule has 0 aliphatic heterocycles. The first-order valence-electron chi connectivity index (χ1n) is 7.26. The fourth-order valence-corrected chi connectivity index (χ4v) is 2.90. The average Bonchev–Trinajstić information content (AvgIpc) is 2.90. The molecule has 106 valence electrons. The van der Waals surface area contributed by atoms with E-state index in [4.69, 9.17) is 4.74 Å². The fourth-order valence-electron chi connectivity index (χ4n) is 2.90. The third-order valence-corrected chi connectivity index (χ3v) is 4.10. The van der Waals surface area contributed by atoms with E-state index >= 15 is 0 Å². The van der Waals surface area contributed by atoms with Gasteiger partial charge >= 0.3 is 0 Å². The number of benzene rings is 1. The summed E-state index contributed by atoms with van der Waals surface area (Å²) < 4.78 is 7.38. The third-order valence-electron chi connectivity index (χ3n) is 4.10. The molecule has 1 aliphatic carbocycles. The Balaban J connectivity index is 1.66. The lowest BCUT2D eigenvalue weighted by Crippen LogP contribution is -2.05. The van der Waals surface area contributed by atoms with Crippen LogP contribution >= 0.6 is 0 Å². The minimum Gasteiger partial charge on any atom is -0.497 e. The van der Waals surface area contributed by atoms with Gasteiger partial charge in [0.25, 0.3) is 0 Å². The molecule has 3 rings (SSSR count). The van der Waals surface area contributed by atoms with Crippen molar-refractivity contribution in [3.63, 3.8) is 0 Å². The van der Waals surface area contributed by atoms with Gasteiger partial charge in [0.1, 0.15) is 5.75 Å². The summed E-state index contributed by atoms with van der Waals surface area (Å²) in [5, 5.41) is 9.99. The van der Waals surface area contributed by atoms with Crippen LogP contribution in [0, 0.1) is 0 Å². The highest BCUT2D eigenvalue weighted by Crippen LogP contribution is 2.30. The maximum absolute atomic E-state index is 9.99. The molecule has 0 amide bonds. The van der Waals surface area contributed by atoms with Crippen molar-refractivity contribution in [3.05, 3.63) is 53.3 Å². The number of aromatic nitrogens is 1. The van der Waals surface area contributed by atoms with Gasteiger partial charge in [0.05, 0.1) is 13.2 Å². The minimum atomic E-state index is -0.263. The summed E-state index contributed by atoms with van der Waals surface area (Å²) in [6, 6.07) is 8.22. The molecule has 2 aromatic rings. The Morgan fingerprint density at radius 2 is 2.05 bits per heavy atom. The maximum Gasteiger partial charge on any atom is 0.118 e. The highest BCUT2D eigenvalue weighted by Gasteiger charge is 2.19. The number of aliphatic hydroxyl groups excluding tert-OH is 1. The van der Waals surface area contributed by atoms with Gasteiger partial charge < -0.3 is 14.4 Å². The molecule has 3 heteroatoms. The van der Waals surface area contributed by atoms with Crippen LogP contribution in [0.3, 0.4) is 0 Å². The van der Waals surface area contributed by atoms with Crippen molar-refractivity contribution in [2.75, 3.05) is 7.11 Å². The van der Waals surface area contributed by atoms with Gasteiger partial charge in [0.2, 0.25) is 0 Å². The number of nitrogens with zero attached hydrogens (tertiary/aromatic N) is 1. The second-order valence-corrected chi connectivity index (χ2v) is 5.48. The van der Waals surface area contributed by atoms with Gasteiger partial charge in [-0.15, -0.1) is 0 Å². The SMILES string of the molecule is COc1ccc(CCn2cc3c(c2)C(O)CCC3)cc1. The Hall–Kier alpha value is -1.74. The second-order valence-electron chi connectivity index (χ2n) is 5.48. The van der Waals surface area contributed by atoms with Crippen molar-refractivity contribution in [2.45, 2.75) is 38.3 Å². The Morgan fingerprint density at radius 1 is 1.25 bits per heavy atom. The van der Waals surface area contributed by atoms with Crippen molar-refractivity contribution in [2.24, 2.45) is 0 Å². The normalized spacial score (nSPS) is 17.8. The molecule has 0 fully saturated rings. The number of hydrogen-bond donors (Lipinski definition) is 1. The predicted molar refractivity (Wildman–Crippen MR) is 79.0 cm³/mol. The molecule has 1 unspecified atom stereocenters. The molecule has 3 nitrogen and oxygen atoms in total. The predicted octanol–water partition coefficient (Wildman–Crippen LogP) is 3.11. The number of aryl methyl sites for hydroxylation is 3. The summed E-state index contributed by atoms with van der Waals surface area (Å²) in [7, 11) is 1.69. The van der Waals surface area contributed by atoms with Crippen LogP contribution in [0.15, 0.2) is 36.7 Å². The molecule has 0 saturated heterocycles. The summed E-state index contributed by atoms with van der Waals surface area (Å²) >= 11 is 0. The lowest BCUT2D eigenvalue weighted by atomic mass is 9.93. The number of fused-ring (bicyclic) bond motifs is 1. The van der Waals surface area contributed by atoms with Crippen LogP contribution in [-0.4, -0.2) is 16.8 Å². The van der Waals surface area contributed by atoms with E-state index in [1.165, 1.54) is 11.1 Å². The van der Waals surface area contributed by atoms with Crippen LogP contribution in [0.25, 0.3) is 0 Å². The van der Waals surface area contributed by atoms with Gasteiger partial charge in [-0.3, -0.25) is 0 Å². The van der Waals surface area contributed by atoms with Crippen LogP contribution < -0.4 is 4.74 Å². The average molecular weight is 271 g/mol. The summed E-state index contributed by atoms with van der Waals surface area (Å²) in [6.07, 6.45) is 8.13. The van der Waals surface area contributed by atoms with Crippen molar-refractivity contribution < 1.29 is 9.84 Å². The van der Waals surface area contributed by atoms with Crippen molar-refractivity contribution in [1.82, 2.24) is 4.57 Å². The van der Waals surface area contributed by atoms with Gasteiger partial charge in [-0.1, -0.05) is 12.1 Å². The lowest BCUT2D eigenvalue weighted by Gasteiger charge is -2.16. The van der Waals surface area contributed by atoms with Gasteiger partial charge in [-0.2, -0.15) is 0 Å². The molecule has 20 heavy (non-hydrogen) atoms. The number of rotatable bonds is 4. The van der Waals surface area contributed by atoms with Gasteiger partial charge in [0, 0.05) is 24.5 Å². The van der Waals surface area contributed by atoms with E-state index in [1.807, 2.05) is 12.1 Å². The molecule has 1 N–H and O–H groups in total. The highest BCUT2D eigenvalue weighted by molar-refractivity contribution is 5.30. The van der Waals surface area contributed by atoms with Crippen LogP contribution in [0.4, 0.5) is 0 Å². The van der Waals surface area contributed by atoms with Gasteiger partial charge in [0.15, 0.2) is 0 Å². The Morgan fingerprint density at radius 3 is 2.75 bits per heavy atom. The largest absolute Gasteiger partial charge is 0.497 e. The first kappa shape index (κ1) is 13.3. The zero-order valence-corrected chi connectivity index (χ0v) is 11.9. The van der Waals surface area contributed by atoms with Crippen LogP contribution in [-0.2, 0) is 19.4 Å². The van der Waals surface area contributed by atoms with Crippen LogP contribution in [0.2, 0.25) is 0 Å². The lowest BCUT2D eigenvalue weighted by molar-refractivity contribution is 0.157. The molecular weight excluding hydrogens is 250 g/mol. The van der Waals surface area contributed by atoms with E-state index in [2.05, 4.69) is 29.1 Å². The van der Waals surface area contributed by atoms with Gasteiger partial charge in [-0.25, -0.2) is 0 Å². The highest BCUT2D eigenvalue weighted by atomic mass is 16.5. The molecule has 1 aliphatic rings. The number of hydrogen-bond acceptors (Lipinski definition) is 2. The van der Waals surface area contributed by atoms with Crippen LogP contribution in [0.5, 0.6) is 5.75 Å².